The molecule has 0 heterocycles. The first-order valence-electron chi connectivity index (χ1n) is 9.30. The highest BCUT2D eigenvalue weighted by Crippen LogP contribution is 2.39. The first-order chi connectivity index (χ1) is 13.3. The van der Waals surface area contributed by atoms with Crippen LogP contribution in [0, 0.1) is 5.41 Å². The fourth-order valence-electron chi connectivity index (χ4n) is 2.89. The Kier molecular flexibility index (Phi) is 6.69. The minimum absolute atomic E-state index is 0.00915. The Hall–Kier alpha value is -1.68. The first kappa shape index (κ1) is 23.6. The highest BCUT2D eigenvalue weighted by molar-refractivity contribution is 7.89. The zero-order chi connectivity index (χ0) is 22.3. The Morgan fingerprint density at radius 2 is 1.76 bits per heavy atom. The minimum Gasteiger partial charge on any atom is -0.504 e. The van der Waals surface area contributed by atoms with Crippen molar-refractivity contribution in [3.63, 3.8) is 0 Å². The van der Waals surface area contributed by atoms with Gasteiger partial charge in [-0.05, 0) is 30.9 Å². The fraction of sp³-hybridized carbons (Fsp3) is 0.579. The predicted molar refractivity (Wildman–Crippen MR) is 112 cm³/mol. The molecule has 1 aromatic rings. The van der Waals surface area contributed by atoms with Gasteiger partial charge in [0.2, 0.25) is 21.6 Å². The zero-order valence-corrected chi connectivity index (χ0v) is 19.0. The number of anilines is 1. The van der Waals surface area contributed by atoms with Gasteiger partial charge >= 0.3 is 0 Å². The number of carbonyl (C=O) groups excluding carboxylic acids is 2. The quantitative estimate of drug-likeness (QED) is 0.414. The molecule has 8 nitrogen and oxygen atoms in total. The van der Waals surface area contributed by atoms with E-state index < -0.39 is 44.3 Å². The van der Waals surface area contributed by atoms with Gasteiger partial charge < -0.3 is 15.7 Å². The second-order valence-electron chi connectivity index (χ2n) is 8.12. The summed E-state index contributed by atoms with van der Waals surface area (Å²) < 4.78 is 25.9. The van der Waals surface area contributed by atoms with Gasteiger partial charge in [0.05, 0.1) is 10.7 Å². The van der Waals surface area contributed by atoms with Gasteiger partial charge in [0.25, 0.3) is 0 Å². The van der Waals surface area contributed by atoms with E-state index >= 15 is 0 Å². The molecular formula is C19H28ClN3O5S. The number of hydrogen-bond acceptors (Lipinski definition) is 7. The number of halogens is 1. The van der Waals surface area contributed by atoms with Crippen molar-refractivity contribution in [2.45, 2.75) is 57.1 Å². The number of ketones is 2. The molecule has 3 atom stereocenters. The standard InChI is InChI=1S/C19H28ClN3O5S/c1-7-19(3,4)10(2)21-13-14(17(26)16(13)25)22-12-9-8-11(20)18(15(12)24)29(27,28)23(5)6/h8-10,13-14,21-22,24H,7H2,1-6H3. The van der Waals surface area contributed by atoms with Crippen LogP contribution in [-0.4, -0.2) is 61.6 Å². The lowest BCUT2D eigenvalue weighted by Gasteiger charge is -2.41. The largest absolute Gasteiger partial charge is 0.504 e. The number of Topliss-reactive ketones (excluding diaryl/α,β-unsaturated/α-hetero) is 2. The summed E-state index contributed by atoms with van der Waals surface area (Å²) in [5, 5.41) is 16.4. The minimum atomic E-state index is -4.02. The third-order valence-corrected chi connectivity index (χ3v) is 8.10. The molecule has 2 rings (SSSR count). The van der Waals surface area contributed by atoms with Crippen molar-refractivity contribution in [2.75, 3.05) is 19.4 Å². The molecule has 1 aliphatic rings. The number of phenolic OH excluding ortho intramolecular Hbond substituents is 1. The molecule has 0 spiro atoms. The van der Waals surface area contributed by atoms with Crippen LogP contribution in [-0.2, 0) is 19.6 Å². The number of phenols is 1. The third-order valence-electron chi connectivity index (χ3n) is 5.79. The van der Waals surface area contributed by atoms with E-state index in [0.717, 1.165) is 10.7 Å². The Morgan fingerprint density at radius 3 is 2.28 bits per heavy atom. The SMILES string of the molecule is CCC(C)(C)C(C)NC1C(=O)C(=O)C1Nc1ccc(Cl)c(S(=O)(=O)N(C)C)c1O. The normalized spacial score (nSPS) is 21.2. The van der Waals surface area contributed by atoms with Crippen LogP contribution in [0.1, 0.15) is 34.1 Å². The number of aromatic hydroxyl groups is 1. The molecule has 0 bridgehead atoms. The molecule has 3 unspecified atom stereocenters. The van der Waals surface area contributed by atoms with Crippen molar-refractivity contribution in [1.29, 1.82) is 0 Å². The van der Waals surface area contributed by atoms with Crippen LogP contribution < -0.4 is 10.6 Å². The Labute approximate surface area is 176 Å². The predicted octanol–water partition coefficient (Wildman–Crippen LogP) is 2.01. The van der Waals surface area contributed by atoms with Crippen LogP contribution in [0.4, 0.5) is 5.69 Å². The monoisotopic (exact) mass is 445 g/mol. The van der Waals surface area contributed by atoms with E-state index in [1.807, 2.05) is 13.8 Å². The summed E-state index contributed by atoms with van der Waals surface area (Å²) in [5.74, 6) is -1.77. The summed E-state index contributed by atoms with van der Waals surface area (Å²) >= 11 is 6.00. The molecule has 0 aromatic heterocycles. The summed E-state index contributed by atoms with van der Waals surface area (Å²) in [4.78, 5) is 23.8. The average molecular weight is 446 g/mol. The van der Waals surface area contributed by atoms with E-state index in [1.165, 1.54) is 26.2 Å². The molecule has 162 valence electrons. The van der Waals surface area contributed by atoms with Crippen LogP contribution in [0.5, 0.6) is 5.75 Å². The molecule has 1 aromatic carbocycles. The molecule has 3 N–H and O–H groups in total. The second-order valence-corrected chi connectivity index (χ2v) is 10.6. The van der Waals surface area contributed by atoms with Gasteiger partial charge in [-0.2, -0.15) is 0 Å². The summed E-state index contributed by atoms with van der Waals surface area (Å²) in [6.45, 7) is 8.10. The van der Waals surface area contributed by atoms with Crippen molar-refractivity contribution in [3.8, 4) is 5.75 Å². The number of carbonyl (C=O) groups is 2. The lowest BCUT2D eigenvalue weighted by molar-refractivity contribution is -0.146. The van der Waals surface area contributed by atoms with Gasteiger partial charge in [-0.1, -0.05) is 32.4 Å². The third kappa shape index (κ3) is 4.28. The molecule has 0 saturated heterocycles. The van der Waals surface area contributed by atoms with Crippen molar-refractivity contribution in [2.24, 2.45) is 5.41 Å². The lowest BCUT2D eigenvalue weighted by Crippen LogP contribution is -2.69. The summed E-state index contributed by atoms with van der Waals surface area (Å²) in [6.07, 6.45) is 0.873. The van der Waals surface area contributed by atoms with Gasteiger partial charge in [0, 0.05) is 20.1 Å². The molecule has 1 fully saturated rings. The molecule has 29 heavy (non-hydrogen) atoms. The topological polar surface area (TPSA) is 116 Å². The smallest absolute Gasteiger partial charge is 0.247 e. The Morgan fingerprint density at radius 1 is 1.21 bits per heavy atom. The van der Waals surface area contributed by atoms with Gasteiger partial charge in [-0.3, -0.25) is 9.59 Å². The highest BCUT2D eigenvalue weighted by Gasteiger charge is 2.50. The molecule has 0 amide bonds. The van der Waals surface area contributed by atoms with Crippen LogP contribution in [0.3, 0.4) is 0 Å². The first-order valence-corrected chi connectivity index (χ1v) is 11.1. The van der Waals surface area contributed by atoms with Crippen LogP contribution in [0.15, 0.2) is 17.0 Å². The molecule has 0 aliphatic heterocycles. The van der Waals surface area contributed by atoms with E-state index in [1.54, 1.807) is 0 Å². The van der Waals surface area contributed by atoms with Crippen LogP contribution >= 0.6 is 11.6 Å². The van der Waals surface area contributed by atoms with E-state index in [9.17, 15) is 23.1 Å². The second kappa shape index (κ2) is 8.22. The van der Waals surface area contributed by atoms with E-state index in [2.05, 4.69) is 24.5 Å². The molecule has 0 radical (unpaired) electrons. The van der Waals surface area contributed by atoms with E-state index in [4.69, 9.17) is 11.6 Å². The Bertz CT molecular complexity index is 930. The van der Waals surface area contributed by atoms with Crippen LogP contribution in [0.25, 0.3) is 0 Å². The maximum absolute atomic E-state index is 12.5. The zero-order valence-electron chi connectivity index (χ0n) is 17.4. The lowest BCUT2D eigenvalue weighted by atomic mass is 9.78. The number of nitrogens with one attached hydrogen (secondary N) is 2. The summed E-state index contributed by atoms with van der Waals surface area (Å²) in [6, 6.07) is 0.948. The highest BCUT2D eigenvalue weighted by atomic mass is 35.5. The maximum atomic E-state index is 12.5. The van der Waals surface area contributed by atoms with Crippen molar-refractivity contribution < 1.29 is 23.1 Å². The number of benzene rings is 1. The van der Waals surface area contributed by atoms with Crippen molar-refractivity contribution >= 4 is 38.9 Å². The average Bonchev–Trinajstić information content (AvgIpc) is 2.65. The maximum Gasteiger partial charge on any atom is 0.247 e. The van der Waals surface area contributed by atoms with E-state index in [0.29, 0.717) is 0 Å². The van der Waals surface area contributed by atoms with Gasteiger partial charge in [-0.15, -0.1) is 0 Å². The molecule has 10 heteroatoms. The number of hydrogen-bond donors (Lipinski definition) is 3. The van der Waals surface area contributed by atoms with E-state index in [-0.39, 0.29) is 22.2 Å². The van der Waals surface area contributed by atoms with Gasteiger partial charge in [0.15, 0.2) is 5.75 Å². The van der Waals surface area contributed by atoms with Gasteiger partial charge in [0.1, 0.15) is 17.0 Å². The summed E-state index contributed by atoms with van der Waals surface area (Å²) in [5.41, 5.74) is -0.0892. The van der Waals surface area contributed by atoms with Gasteiger partial charge in [-0.25, -0.2) is 12.7 Å². The molecule has 1 saturated carbocycles. The van der Waals surface area contributed by atoms with Crippen LogP contribution in [0.2, 0.25) is 5.02 Å². The Balaban J connectivity index is 2.33. The number of sulfonamides is 1. The summed E-state index contributed by atoms with van der Waals surface area (Å²) in [7, 11) is -1.39. The molecule has 1 aliphatic carbocycles. The fourth-order valence-corrected chi connectivity index (χ4v) is 4.37. The van der Waals surface area contributed by atoms with Crippen molar-refractivity contribution in [3.05, 3.63) is 17.2 Å². The molecular weight excluding hydrogens is 418 g/mol. The number of nitrogens with zero attached hydrogens (tertiary/aromatic N) is 1. The number of rotatable bonds is 8. The van der Waals surface area contributed by atoms with Crippen molar-refractivity contribution in [1.82, 2.24) is 9.62 Å².